The van der Waals surface area contributed by atoms with Crippen molar-refractivity contribution in [2.45, 2.75) is 56.6 Å². The second kappa shape index (κ2) is 8.55. The number of nitrogens with zero attached hydrogens (tertiary/aromatic N) is 2. The fourth-order valence-corrected chi connectivity index (χ4v) is 4.98. The highest BCUT2D eigenvalue weighted by atomic mass is 16.6. The van der Waals surface area contributed by atoms with Crippen molar-refractivity contribution in [3.05, 3.63) is 35.4 Å². The van der Waals surface area contributed by atoms with Gasteiger partial charge in [0.2, 0.25) is 0 Å². The summed E-state index contributed by atoms with van der Waals surface area (Å²) in [5.41, 5.74) is 3.92. The van der Waals surface area contributed by atoms with Gasteiger partial charge in [0.15, 0.2) is 0 Å². The minimum Gasteiger partial charge on any atom is -0.485 e. The van der Waals surface area contributed by atoms with Crippen LogP contribution in [0.5, 0.6) is 5.75 Å². The lowest BCUT2D eigenvalue weighted by atomic mass is 9.82. The smallest absolute Gasteiger partial charge is 0.267 e. The molecule has 4 rings (SSSR count). The summed E-state index contributed by atoms with van der Waals surface area (Å²) >= 11 is 0. The SMILES string of the molecule is CO/N=C1/CC2(CCCN(C3CCCC3)C2)Oc2ccc(/C=C/C(=O)NO)cc21. The van der Waals surface area contributed by atoms with Crippen molar-refractivity contribution in [2.24, 2.45) is 5.16 Å². The lowest BCUT2D eigenvalue weighted by Gasteiger charge is -2.47. The lowest BCUT2D eigenvalue weighted by molar-refractivity contribution is -0.124. The number of hydrogen-bond donors (Lipinski definition) is 2. The number of hydroxylamine groups is 1. The van der Waals surface area contributed by atoms with E-state index in [-0.39, 0.29) is 5.60 Å². The van der Waals surface area contributed by atoms with Gasteiger partial charge in [-0.1, -0.05) is 24.1 Å². The number of fused-ring (bicyclic) bond motifs is 1. The Hall–Kier alpha value is -2.38. The molecule has 0 radical (unpaired) electrons. The third kappa shape index (κ3) is 4.31. The standard InChI is InChI=1S/C22H29N3O4/c1-28-24-19-14-22(11-4-12-25(15-22)17-5-2-3-6-17)29-20-9-7-16(13-18(19)20)8-10-21(26)23-27/h7-10,13,17,27H,2-6,11-12,14-15H2,1H3,(H,23,26)/b10-8+,24-19-. The van der Waals surface area contributed by atoms with E-state index in [1.165, 1.54) is 31.8 Å². The number of rotatable bonds is 4. The number of piperidine rings is 1. The minimum absolute atomic E-state index is 0.265. The molecule has 1 unspecified atom stereocenters. The summed E-state index contributed by atoms with van der Waals surface area (Å²) in [6.07, 6.45) is 11.0. The zero-order valence-corrected chi connectivity index (χ0v) is 16.9. The maximum Gasteiger partial charge on any atom is 0.267 e. The van der Waals surface area contributed by atoms with E-state index in [1.54, 1.807) is 18.7 Å². The lowest BCUT2D eigenvalue weighted by Crippen LogP contribution is -2.56. The number of carbonyl (C=O) groups excluding carboxylic acids is 1. The van der Waals surface area contributed by atoms with Crippen LogP contribution in [0.2, 0.25) is 0 Å². The molecule has 0 aromatic heterocycles. The second-order valence-corrected chi connectivity index (χ2v) is 8.26. The van der Waals surface area contributed by atoms with Gasteiger partial charge >= 0.3 is 0 Å². The molecule has 2 N–H and O–H groups in total. The van der Waals surface area contributed by atoms with Crippen molar-refractivity contribution in [1.82, 2.24) is 10.4 Å². The monoisotopic (exact) mass is 399 g/mol. The molecule has 1 amide bonds. The zero-order chi connectivity index (χ0) is 20.3. The number of oxime groups is 1. The number of nitrogens with one attached hydrogen (secondary N) is 1. The normalized spacial score (nSPS) is 26.6. The predicted molar refractivity (Wildman–Crippen MR) is 110 cm³/mol. The van der Waals surface area contributed by atoms with E-state index in [4.69, 9.17) is 14.8 Å². The first-order valence-electron chi connectivity index (χ1n) is 10.4. The van der Waals surface area contributed by atoms with Crippen LogP contribution in [0.3, 0.4) is 0 Å². The van der Waals surface area contributed by atoms with Gasteiger partial charge in [0.1, 0.15) is 18.5 Å². The van der Waals surface area contributed by atoms with Crippen LogP contribution >= 0.6 is 0 Å². The first-order chi connectivity index (χ1) is 14.1. The Morgan fingerprint density at radius 1 is 1.38 bits per heavy atom. The van der Waals surface area contributed by atoms with Gasteiger partial charge in [-0.05, 0) is 56.0 Å². The van der Waals surface area contributed by atoms with Crippen molar-refractivity contribution in [3.8, 4) is 5.75 Å². The Balaban J connectivity index is 1.60. The molecule has 29 heavy (non-hydrogen) atoms. The van der Waals surface area contributed by atoms with Crippen LogP contribution in [0.1, 0.15) is 56.1 Å². The van der Waals surface area contributed by atoms with E-state index >= 15 is 0 Å². The molecule has 7 nitrogen and oxygen atoms in total. The summed E-state index contributed by atoms with van der Waals surface area (Å²) < 4.78 is 6.61. The van der Waals surface area contributed by atoms with E-state index < -0.39 is 5.91 Å². The number of likely N-dealkylation sites (tertiary alicyclic amines) is 1. The number of benzene rings is 1. The highest BCUT2D eigenvalue weighted by molar-refractivity contribution is 6.04. The third-order valence-electron chi connectivity index (χ3n) is 6.28. The maximum atomic E-state index is 11.3. The second-order valence-electron chi connectivity index (χ2n) is 8.26. The Morgan fingerprint density at radius 3 is 2.97 bits per heavy atom. The van der Waals surface area contributed by atoms with Crippen molar-refractivity contribution in [2.75, 3.05) is 20.2 Å². The molecule has 0 bridgehead atoms. The molecular weight excluding hydrogens is 370 g/mol. The van der Waals surface area contributed by atoms with E-state index in [0.717, 1.165) is 48.5 Å². The Bertz CT molecular complexity index is 816. The fraction of sp³-hybridized carbons (Fsp3) is 0.545. The molecular formula is C22H29N3O4. The first kappa shape index (κ1) is 19.9. The summed E-state index contributed by atoms with van der Waals surface area (Å²) in [4.78, 5) is 19.0. The van der Waals surface area contributed by atoms with Gasteiger partial charge in [0, 0.05) is 30.6 Å². The van der Waals surface area contributed by atoms with Gasteiger partial charge in [-0.15, -0.1) is 0 Å². The van der Waals surface area contributed by atoms with Crippen LogP contribution in [-0.2, 0) is 9.63 Å². The molecule has 156 valence electrons. The Morgan fingerprint density at radius 2 is 2.21 bits per heavy atom. The molecule has 3 aliphatic rings. The summed E-state index contributed by atoms with van der Waals surface area (Å²) in [5.74, 6) is 0.238. The molecule has 7 heteroatoms. The molecule has 1 spiro atoms. The first-order valence-corrected chi connectivity index (χ1v) is 10.4. The van der Waals surface area contributed by atoms with Crippen LogP contribution in [0.4, 0.5) is 0 Å². The number of carbonyl (C=O) groups is 1. The molecule has 1 aromatic rings. The minimum atomic E-state index is -0.571. The maximum absolute atomic E-state index is 11.3. The van der Waals surface area contributed by atoms with Crippen molar-refractivity contribution < 1.29 is 19.6 Å². The average molecular weight is 399 g/mol. The molecule has 2 aliphatic heterocycles. The number of hydrogen-bond acceptors (Lipinski definition) is 6. The van der Waals surface area contributed by atoms with Crippen LogP contribution in [-0.4, -0.2) is 53.6 Å². The van der Waals surface area contributed by atoms with Gasteiger partial charge in [0.05, 0.1) is 5.71 Å². The quantitative estimate of drug-likeness (QED) is 0.462. The number of amides is 1. The number of ether oxygens (including phenoxy) is 1. The summed E-state index contributed by atoms with van der Waals surface area (Å²) in [5, 5.41) is 13.0. The third-order valence-corrected chi connectivity index (χ3v) is 6.28. The molecule has 2 fully saturated rings. The van der Waals surface area contributed by atoms with Crippen molar-refractivity contribution in [3.63, 3.8) is 0 Å². The van der Waals surface area contributed by atoms with Crippen LogP contribution < -0.4 is 10.2 Å². The fourth-order valence-electron chi connectivity index (χ4n) is 4.98. The zero-order valence-electron chi connectivity index (χ0n) is 16.9. The summed E-state index contributed by atoms with van der Waals surface area (Å²) in [6, 6.07) is 6.47. The van der Waals surface area contributed by atoms with Gasteiger partial charge in [0.25, 0.3) is 5.91 Å². The molecule has 2 heterocycles. The average Bonchev–Trinajstić information content (AvgIpc) is 3.27. The van der Waals surface area contributed by atoms with E-state index in [9.17, 15) is 4.79 Å². The highest BCUT2D eigenvalue weighted by Gasteiger charge is 2.44. The molecule has 1 aliphatic carbocycles. The van der Waals surface area contributed by atoms with Crippen LogP contribution in [0.25, 0.3) is 6.08 Å². The Kier molecular flexibility index (Phi) is 5.87. The predicted octanol–water partition coefficient (Wildman–Crippen LogP) is 3.12. The molecule has 1 atom stereocenters. The van der Waals surface area contributed by atoms with Gasteiger partial charge in [-0.2, -0.15) is 0 Å². The van der Waals surface area contributed by atoms with E-state index in [2.05, 4.69) is 10.1 Å². The van der Waals surface area contributed by atoms with Crippen molar-refractivity contribution in [1.29, 1.82) is 0 Å². The van der Waals surface area contributed by atoms with Crippen molar-refractivity contribution >= 4 is 17.7 Å². The highest BCUT2D eigenvalue weighted by Crippen LogP contribution is 2.41. The van der Waals surface area contributed by atoms with E-state index in [1.807, 2.05) is 18.2 Å². The molecule has 1 aromatic carbocycles. The van der Waals surface area contributed by atoms with Gasteiger partial charge < -0.3 is 9.57 Å². The molecule has 1 saturated heterocycles. The van der Waals surface area contributed by atoms with Crippen LogP contribution in [0, 0.1) is 0 Å². The van der Waals surface area contributed by atoms with E-state index in [0.29, 0.717) is 12.5 Å². The Labute approximate surface area is 171 Å². The summed E-state index contributed by atoms with van der Waals surface area (Å²) in [7, 11) is 1.57. The van der Waals surface area contributed by atoms with Gasteiger partial charge in [-0.3, -0.25) is 14.9 Å². The summed E-state index contributed by atoms with van der Waals surface area (Å²) in [6.45, 7) is 2.08. The topological polar surface area (TPSA) is 83.4 Å². The van der Waals surface area contributed by atoms with Crippen LogP contribution in [0.15, 0.2) is 29.4 Å². The van der Waals surface area contributed by atoms with Gasteiger partial charge in [-0.25, -0.2) is 5.48 Å². The molecule has 1 saturated carbocycles. The largest absolute Gasteiger partial charge is 0.485 e.